The largest absolute Gasteiger partial charge is 0.481 e. The number of carbonyl (C=O) groups is 17. The molecule has 102 heavy (non-hydrogen) atoms. The molecule has 14 atom stereocenters. The van der Waals surface area contributed by atoms with Crippen LogP contribution in [0.3, 0.4) is 0 Å². The standard InChI is InChI=1S/C64H112N16O21S/c1-30(2)25-38(67)55(91)69-34(9)51(87)68-35(10)53(89)76-43(26-31(3)4)59(95)73-41(19-21-47(81)82)57(93)78-45(28-49(85)86)61(97)72-40(18-14-16-24-66)58(94)80-50(33(7)8)63(99)74-39(17-13-15-23-65)56(92)70-37(12)54(90)77-44(27-32(5)6)60(96)79-46(29-102)62(98)71-36(11)52(88)75-42(64(100)101)20-22-48(83)84/h30-46,50,102H,13-29,65-67H2,1-12H3,(H,68,87)(H,69,91)(H,70,92)(H,71,98)(H,72,97)(H,73,95)(H,74,99)(H,75,88)(H,76,89)(H,77,90)(H,78,93)(H,79,96)(H,80,94)(H,81,82)(H,83,84)(H,85,86)(H,100,101)/t34-,35-,36-,37-,38-,39-,40-,41-,42-,43-,44-,45-,46-,50-/m0/s1. The Morgan fingerprint density at radius 2 is 0.608 bits per heavy atom. The van der Waals surface area contributed by atoms with Gasteiger partial charge in [0, 0.05) is 18.6 Å². The molecule has 0 fully saturated rings. The van der Waals surface area contributed by atoms with E-state index in [0.29, 0.717) is 19.3 Å². The Morgan fingerprint density at radius 3 is 0.980 bits per heavy atom. The molecule has 0 saturated heterocycles. The van der Waals surface area contributed by atoms with Crippen molar-refractivity contribution >= 4 is 113 Å². The first-order valence-electron chi connectivity index (χ1n) is 34.1. The smallest absolute Gasteiger partial charge is 0.326 e. The molecule has 23 N–H and O–H groups in total. The quantitative estimate of drug-likeness (QED) is 0.0204. The highest BCUT2D eigenvalue weighted by atomic mass is 32.1. The number of thiol groups is 1. The van der Waals surface area contributed by atoms with Gasteiger partial charge in [-0.3, -0.25) is 76.7 Å². The third kappa shape index (κ3) is 37.2. The van der Waals surface area contributed by atoms with E-state index in [1.165, 1.54) is 27.7 Å². The topological polar surface area (TPSA) is 606 Å². The summed E-state index contributed by atoms with van der Waals surface area (Å²) in [4.78, 5) is 224. The number of carbonyl (C=O) groups excluding carboxylic acids is 13. The summed E-state index contributed by atoms with van der Waals surface area (Å²) in [5.74, 6) is -19.7. The number of aliphatic carboxylic acids is 4. The van der Waals surface area contributed by atoms with Gasteiger partial charge in [0.15, 0.2) is 0 Å². The molecular formula is C64H112N16O21S. The van der Waals surface area contributed by atoms with E-state index in [4.69, 9.17) is 22.3 Å². The van der Waals surface area contributed by atoms with Crippen LogP contribution in [0.25, 0.3) is 0 Å². The maximum absolute atomic E-state index is 14.3. The van der Waals surface area contributed by atoms with Gasteiger partial charge in [-0.2, -0.15) is 12.6 Å². The maximum Gasteiger partial charge on any atom is 0.326 e. The van der Waals surface area contributed by atoms with Crippen LogP contribution in [0.5, 0.6) is 0 Å². The van der Waals surface area contributed by atoms with E-state index in [9.17, 15) is 96.8 Å². The molecule has 0 unspecified atom stereocenters. The zero-order chi connectivity index (χ0) is 78.4. The molecule has 13 amide bonds. The lowest BCUT2D eigenvalue weighted by Crippen LogP contribution is -2.61. The van der Waals surface area contributed by atoms with Crippen LogP contribution in [0, 0.1) is 23.7 Å². The minimum Gasteiger partial charge on any atom is -0.481 e. The predicted molar refractivity (Wildman–Crippen MR) is 372 cm³/mol. The molecule has 0 aliphatic carbocycles. The third-order valence-electron chi connectivity index (χ3n) is 15.5. The number of nitrogens with two attached hydrogens (primary N) is 3. The molecule has 0 aliphatic heterocycles. The summed E-state index contributed by atoms with van der Waals surface area (Å²) in [7, 11) is 0. The van der Waals surface area contributed by atoms with E-state index in [1.54, 1.807) is 41.5 Å². The molecule has 0 rings (SSSR count). The molecule has 37 nitrogen and oxygen atoms in total. The maximum atomic E-state index is 14.3. The van der Waals surface area contributed by atoms with Crippen molar-refractivity contribution in [1.29, 1.82) is 0 Å². The zero-order valence-corrected chi connectivity index (χ0v) is 61.2. The Balaban J connectivity index is 6.70. The summed E-state index contributed by atoms with van der Waals surface area (Å²) < 4.78 is 0. The molecule has 38 heteroatoms. The molecule has 0 saturated carbocycles. The Labute approximate surface area is 599 Å². The number of nitrogens with one attached hydrogen (secondary N) is 13. The van der Waals surface area contributed by atoms with Gasteiger partial charge in [-0.15, -0.1) is 0 Å². The Kier molecular flexibility index (Phi) is 44.0. The van der Waals surface area contributed by atoms with Crippen LogP contribution in [0.15, 0.2) is 0 Å². The van der Waals surface area contributed by atoms with Crippen LogP contribution in [0.4, 0.5) is 0 Å². The van der Waals surface area contributed by atoms with E-state index in [2.05, 4.69) is 81.7 Å². The van der Waals surface area contributed by atoms with Gasteiger partial charge in [-0.1, -0.05) is 55.4 Å². The second kappa shape index (κ2) is 48.2. The van der Waals surface area contributed by atoms with Gasteiger partial charge in [-0.25, -0.2) is 4.79 Å². The Hall–Kier alpha value is -8.78. The first-order valence-corrected chi connectivity index (χ1v) is 34.7. The van der Waals surface area contributed by atoms with Gasteiger partial charge in [0.2, 0.25) is 76.8 Å². The molecule has 0 aromatic rings. The lowest BCUT2D eigenvalue weighted by Gasteiger charge is -2.29. The van der Waals surface area contributed by atoms with Crippen molar-refractivity contribution in [2.45, 2.75) is 258 Å². The molecule has 0 spiro atoms. The number of unbranched alkanes of at least 4 members (excludes halogenated alkanes) is 2. The van der Waals surface area contributed by atoms with Crippen LogP contribution in [0.2, 0.25) is 0 Å². The van der Waals surface area contributed by atoms with E-state index in [1.807, 2.05) is 13.8 Å². The van der Waals surface area contributed by atoms with Crippen molar-refractivity contribution in [2.75, 3.05) is 18.8 Å². The first-order chi connectivity index (χ1) is 47.5. The van der Waals surface area contributed by atoms with Crippen molar-refractivity contribution in [3.05, 3.63) is 0 Å². The molecule has 0 radical (unpaired) electrons. The van der Waals surface area contributed by atoms with Crippen molar-refractivity contribution < 1.29 is 102 Å². The summed E-state index contributed by atoms with van der Waals surface area (Å²) in [6, 6.07) is -20.1. The zero-order valence-electron chi connectivity index (χ0n) is 60.3. The van der Waals surface area contributed by atoms with Gasteiger partial charge in [0.1, 0.15) is 78.5 Å². The summed E-state index contributed by atoms with van der Waals surface area (Å²) in [5, 5.41) is 69.6. The highest BCUT2D eigenvalue weighted by molar-refractivity contribution is 7.80. The van der Waals surface area contributed by atoms with Gasteiger partial charge in [0.05, 0.1) is 12.5 Å². The molecule has 0 heterocycles. The average Bonchev–Trinajstić information content (AvgIpc) is 0.854. The van der Waals surface area contributed by atoms with E-state index < -0.39 is 223 Å². The summed E-state index contributed by atoms with van der Waals surface area (Å²) in [5.41, 5.74) is 17.4. The van der Waals surface area contributed by atoms with Crippen molar-refractivity contribution in [1.82, 2.24) is 69.1 Å². The highest BCUT2D eigenvalue weighted by Crippen LogP contribution is 2.14. The third-order valence-corrected chi connectivity index (χ3v) is 15.9. The predicted octanol–water partition coefficient (Wildman–Crippen LogP) is -4.03. The number of hydrogen-bond acceptors (Lipinski definition) is 21. The fraction of sp³-hybridized carbons (Fsp3) is 0.734. The molecule has 0 aromatic heterocycles. The lowest BCUT2D eigenvalue weighted by molar-refractivity contribution is -0.143. The number of carboxylic acids is 4. The summed E-state index contributed by atoms with van der Waals surface area (Å²) in [6.45, 7) is 19.1. The van der Waals surface area contributed by atoms with Crippen LogP contribution >= 0.6 is 12.6 Å². The van der Waals surface area contributed by atoms with Crippen molar-refractivity contribution in [3.8, 4) is 0 Å². The van der Waals surface area contributed by atoms with Crippen LogP contribution < -0.4 is 86.3 Å². The number of amides is 13. The Morgan fingerprint density at radius 1 is 0.314 bits per heavy atom. The molecule has 0 aromatic carbocycles. The second-order valence-corrected chi connectivity index (χ2v) is 27.1. The normalized spacial score (nSPS) is 15.4. The molecule has 0 aliphatic rings. The van der Waals surface area contributed by atoms with E-state index >= 15 is 0 Å². The van der Waals surface area contributed by atoms with E-state index in [-0.39, 0.29) is 75.1 Å². The highest BCUT2D eigenvalue weighted by Gasteiger charge is 2.38. The first kappa shape index (κ1) is 93.2. The van der Waals surface area contributed by atoms with Crippen molar-refractivity contribution in [2.24, 2.45) is 40.9 Å². The van der Waals surface area contributed by atoms with E-state index in [0.717, 1.165) is 0 Å². The fourth-order valence-corrected chi connectivity index (χ4v) is 10.0. The van der Waals surface area contributed by atoms with Gasteiger partial charge in [0.25, 0.3) is 0 Å². The van der Waals surface area contributed by atoms with Crippen LogP contribution in [0.1, 0.15) is 173 Å². The number of carboxylic acid groups (broad SMARTS) is 4. The van der Waals surface area contributed by atoms with Gasteiger partial charge >= 0.3 is 23.9 Å². The van der Waals surface area contributed by atoms with Gasteiger partial charge in [-0.05, 0) is 135 Å². The lowest BCUT2D eigenvalue weighted by atomic mass is 10.00. The van der Waals surface area contributed by atoms with Crippen molar-refractivity contribution in [3.63, 3.8) is 0 Å². The monoisotopic (exact) mass is 1470 g/mol. The molecule has 580 valence electrons. The summed E-state index contributed by atoms with van der Waals surface area (Å²) in [6.07, 6.45) is -2.38. The average molecular weight is 1470 g/mol. The summed E-state index contributed by atoms with van der Waals surface area (Å²) >= 11 is 4.15. The minimum atomic E-state index is -2.01. The Bertz CT molecular complexity index is 2870. The fourth-order valence-electron chi connectivity index (χ4n) is 9.76. The SMILES string of the molecule is CC(C)C[C@H](NC(=O)[C@H](C)NC(=O)[C@H](CCCCN)NC(=O)[C@@H](NC(=O)[C@H](CCCCN)NC(=O)[C@H](CC(=O)O)NC(=O)[C@H](CCC(=O)O)NC(=O)[C@H](CC(C)C)NC(=O)[C@H](C)NC(=O)[C@H](C)NC(=O)[C@@H](N)CC(C)C)C(C)C)C(=O)N[C@@H](CS)C(=O)N[C@@H](C)C(=O)N[C@@H](CCC(=O)O)C(=O)O. The van der Waals surface area contributed by atoms with Crippen LogP contribution in [-0.4, -0.2) is 225 Å². The molecule has 0 bridgehead atoms. The van der Waals surface area contributed by atoms with Gasteiger partial charge < -0.3 is 107 Å². The number of hydrogen-bond donors (Lipinski definition) is 21. The number of rotatable bonds is 51. The molecular weight excluding hydrogens is 1360 g/mol. The second-order valence-electron chi connectivity index (χ2n) is 26.7. The van der Waals surface area contributed by atoms with Crippen LogP contribution in [-0.2, 0) is 81.5 Å². The minimum absolute atomic E-state index is 0.00215.